The Morgan fingerprint density at radius 3 is 1.76 bits per heavy atom. The maximum Gasteiger partial charge on any atom is 0.258 e. The third-order valence-corrected chi connectivity index (χ3v) is 14.2. The van der Waals surface area contributed by atoms with E-state index >= 15 is 0 Å². The van der Waals surface area contributed by atoms with E-state index in [2.05, 4.69) is 53.4 Å². The molecular weight excluding hydrogens is 438 g/mol. The van der Waals surface area contributed by atoms with Gasteiger partial charge in [-0.05, 0) is 59.6 Å². The summed E-state index contributed by atoms with van der Waals surface area (Å²) in [5.41, 5.74) is 2.68. The minimum Gasteiger partial charge on any atom is -0.543 e. The Hall–Kier alpha value is -1.66. The molecule has 4 nitrogen and oxygen atoms in total. The van der Waals surface area contributed by atoms with Crippen LogP contribution < -0.4 is 4.43 Å². The van der Waals surface area contributed by atoms with Gasteiger partial charge in [0.15, 0.2) is 0 Å². The summed E-state index contributed by atoms with van der Waals surface area (Å²) in [7, 11) is -2.00. The molecule has 1 saturated heterocycles. The Bertz CT molecular complexity index is 868. The van der Waals surface area contributed by atoms with E-state index < -0.39 is 20.0 Å². The van der Waals surface area contributed by atoms with Crippen LogP contribution in [0.5, 0.6) is 5.75 Å². The Morgan fingerprint density at radius 1 is 0.794 bits per heavy atom. The van der Waals surface area contributed by atoms with E-state index in [1.807, 2.05) is 54.6 Å². The van der Waals surface area contributed by atoms with Crippen LogP contribution in [0.4, 0.5) is 0 Å². The van der Waals surface area contributed by atoms with Crippen molar-refractivity contribution < 1.29 is 14.6 Å². The number of aliphatic hydroxyl groups excluding tert-OH is 1. The maximum atomic E-state index is 11.1. The van der Waals surface area contributed by atoms with Crippen LogP contribution in [0.25, 0.3) is 0 Å². The Kier molecular flexibility index (Phi) is 8.67. The van der Waals surface area contributed by atoms with E-state index in [4.69, 9.17) is 4.43 Å². The predicted octanol–water partition coefficient (Wildman–Crippen LogP) is 6.65. The predicted molar refractivity (Wildman–Crippen MR) is 144 cm³/mol. The normalized spacial score (nSPS) is 18.9. The molecule has 2 N–H and O–H groups in total. The molecule has 34 heavy (non-hydrogen) atoms. The smallest absolute Gasteiger partial charge is 0.258 e. The maximum absolute atomic E-state index is 11.1. The van der Waals surface area contributed by atoms with E-state index in [-0.39, 0.29) is 6.04 Å². The monoisotopic (exact) mass is 483 g/mol. The molecule has 0 saturated carbocycles. The second-order valence-electron chi connectivity index (χ2n) is 11.1. The zero-order valence-corrected chi connectivity index (χ0v) is 23.2. The molecule has 2 aromatic rings. The summed E-state index contributed by atoms with van der Waals surface area (Å²) in [6, 6.07) is 18.0. The highest BCUT2D eigenvalue weighted by molar-refractivity contribution is 6.78. The first-order chi connectivity index (χ1) is 16.0. The van der Waals surface area contributed by atoms with Gasteiger partial charge >= 0.3 is 0 Å². The van der Waals surface area contributed by atoms with Crippen molar-refractivity contribution in [2.75, 3.05) is 13.1 Å². The van der Waals surface area contributed by atoms with Crippen LogP contribution in [-0.4, -0.2) is 42.6 Å². The molecular formula is C29H45NO3Si. The molecule has 2 atom stereocenters. The zero-order valence-electron chi connectivity index (χ0n) is 22.2. The van der Waals surface area contributed by atoms with E-state index in [0.717, 1.165) is 30.0 Å². The van der Waals surface area contributed by atoms with Crippen LogP contribution >= 0.6 is 0 Å². The number of hydrogen-bond acceptors (Lipinski definition) is 4. The summed E-state index contributed by atoms with van der Waals surface area (Å²) in [5.74, 6) is 0.914. The topological polar surface area (TPSA) is 52.9 Å². The fourth-order valence-corrected chi connectivity index (χ4v) is 11.4. The molecule has 0 aromatic heterocycles. The molecule has 5 heteroatoms. The van der Waals surface area contributed by atoms with Gasteiger partial charge in [-0.3, -0.25) is 4.90 Å². The number of nitrogens with zero attached hydrogens (tertiary/aromatic N) is 1. The summed E-state index contributed by atoms with van der Waals surface area (Å²) >= 11 is 0. The van der Waals surface area contributed by atoms with Crippen LogP contribution in [0.15, 0.2) is 54.6 Å². The fourth-order valence-electron chi connectivity index (χ4n) is 6.11. The van der Waals surface area contributed by atoms with Crippen molar-refractivity contribution in [2.24, 2.45) is 0 Å². The first-order valence-corrected chi connectivity index (χ1v) is 15.1. The molecule has 0 radical (unpaired) electrons. The van der Waals surface area contributed by atoms with Gasteiger partial charge in [-0.15, -0.1) is 0 Å². The van der Waals surface area contributed by atoms with Gasteiger partial charge in [-0.2, -0.15) is 0 Å². The summed E-state index contributed by atoms with van der Waals surface area (Å²) in [6.07, 6.45) is 0.764. The molecule has 0 spiro atoms. The van der Waals surface area contributed by atoms with Crippen LogP contribution in [0, 0.1) is 0 Å². The number of likely N-dealkylation sites (tertiary alicyclic amines) is 1. The van der Waals surface area contributed by atoms with Gasteiger partial charge in [0.2, 0.25) is 0 Å². The summed E-state index contributed by atoms with van der Waals surface area (Å²) in [6.45, 7) is 17.4. The number of rotatable bonds is 9. The standard InChI is InChI=1S/C29H45NO3Si/c1-21(2)34(22(3)4,23(5)6)33-27-15-13-25(14-16-27)28(31)24(7)30-19-17-29(32,18-20-30)26-11-9-8-10-12-26/h8-16,21-24,28,31-32H,17-20H2,1-7H3. The fraction of sp³-hybridized carbons (Fsp3) is 0.586. The first-order valence-electron chi connectivity index (χ1n) is 13.0. The second kappa shape index (κ2) is 10.9. The van der Waals surface area contributed by atoms with E-state index in [1.54, 1.807) is 0 Å². The first kappa shape index (κ1) is 26.9. The summed E-state index contributed by atoms with van der Waals surface area (Å²) < 4.78 is 6.78. The van der Waals surface area contributed by atoms with Crippen molar-refractivity contribution in [3.05, 3.63) is 65.7 Å². The van der Waals surface area contributed by atoms with Crippen molar-refractivity contribution in [1.29, 1.82) is 0 Å². The highest BCUT2D eigenvalue weighted by Crippen LogP contribution is 2.43. The average Bonchev–Trinajstić information content (AvgIpc) is 2.82. The van der Waals surface area contributed by atoms with Crippen LogP contribution in [0.3, 0.4) is 0 Å². The van der Waals surface area contributed by atoms with Gasteiger partial charge in [0, 0.05) is 19.1 Å². The van der Waals surface area contributed by atoms with E-state index in [0.29, 0.717) is 29.5 Å². The molecule has 1 fully saturated rings. The molecule has 1 aliphatic heterocycles. The molecule has 0 aliphatic carbocycles. The number of benzene rings is 2. The van der Waals surface area contributed by atoms with Crippen molar-refractivity contribution in [3.63, 3.8) is 0 Å². The van der Waals surface area contributed by atoms with Gasteiger partial charge in [0.25, 0.3) is 8.32 Å². The van der Waals surface area contributed by atoms with Gasteiger partial charge in [-0.1, -0.05) is 84.0 Å². The molecule has 2 aromatic carbocycles. The highest BCUT2D eigenvalue weighted by atomic mass is 28.4. The zero-order chi connectivity index (χ0) is 25.1. The Morgan fingerprint density at radius 2 is 1.29 bits per heavy atom. The third-order valence-electron chi connectivity index (χ3n) is 8.19. The lowest BCUT2D eigenvalue weighted by atomic mass is 9.83. The highest BCUT2D eigenvalue weighted by Gasteiger charge is 2.47. The van der Waals surface area contributed by atoms with E-state index in [1.165, 1.54) is 0 Å². The molecule has 2 unspecified atom stereocenters. The largest absolute Gasteiger partial charge is 0.543 e. The van der Waals surface area contributed by atoms with Crippen molar-refractivity contribution in [2.45, 2.75) is 95.7 Å². The van der Waals surface area contributed by atoms with Gasteiger partial charge in [0.1, 0.15) is 5.75 Å². The Labute approximate surface area is 208 Å². The molecule has 1 heterocycles. The molecule has 1 aliphatic rings. The summed E-state index contributed by atoms with van der Waals surface area (Å²) in [5, 5.41) is 22.3. The number of hydrogen-bond donors (Lipinski definition) is 2. The average molecular weight is 484 g/mol. The minimum atomic E-state index is -2.00. The van der Waals surface area contributed by atoms with Crippen molar-refractivity contribution in [1.82, 2.24) is 4.90 Å². The Balaban J connectivity index is 1.66. The van der Waals surface area contributed by atoms with Crippen LogP contribution in [-0.2, 0) is 5.60 Å². The lowest BCUT2D eigenvalue weighted by molar-refractivity contribution is -0.0501. The van der Waals surface area contributed by atoms with Gasteiger partial charge in [0.05, 0.1) is 11.7 Å². The molecule has 0 bridgehead atoms. The van der Waals surface area contributed by atoms with Crippen molar-refractivity contribution >= 4 is 8.32 Å². The van der Waals surface area contributed by atoms with Crippen LogP contribution in [0.2, 0.25) is 16.6 Å². The lowest BCUT2D eigenvalue weighted by Gasteiger charge is -2.42. The number of aliphatic hydroxyl groups is 2. The van der Waals surface area contributed by atoms with Gasteiger partial charge < -0.3 is 14.6 Å². The molecule has 0 amide bonds. The molecule has 188 valence electrons. The third kappa shape index (κ3) is 5.43. The van der Waals surface area contributed by atoms with Crippen molar-refractivity contribution in [3.8, 4) is 5.75 Å². The minimum absolute atomic E-state index is 0.0254. The number of piperidine rings is 1. The van der Waals surface area contributed by atoms with Crippen LogP contribution in [0.1, 0.15) is 78.5 Å². The SMILES string of the molecule is CC(C(O)c1ccc(O[Si](C(C)C)(C(C)C)C(C)C)cc1)N1CCC(O)(c2ccccc2)CC1. The quantitative estimate of drug-likeness (QED) is 0.392. The second-order valence-corrected chi connectivity index (χ2v) is 16.5. The summed E-state index contributed by atoms with van der Waals surface area (Å²) in [4.78, 5) is 2.29. The molecule has 3 rings (SSSR count). The van der Waals surface area contributed by atoms with E-state index in [9.17, 15) is 10.2 Å². The van der Waals surface area contributed by atoms with Gasteiger partial charge in [-0.25, -0.2) is 0 Å². The lowest BCUT2D eigenvalue weighted by Crippen LogP contribution is -2.50.